The molecule has 0 radical (unpaired) electrons. The highest BCUT2D eigenvalue weighted by molar-refractivity contribution is 6.33. The van der Waals surface area contributed by atoms with Crippen LogP contribution in [0.4, 0.5) is 15.8 Å². The Hall–Kier alpha value is -2.07. The van der Waals surface area contributed by atoms with Crippen molar-refractivity contribution in [1.29, 1.82) is 0 Å². The topological polar surface area (TPSA) is 41.1 Å². The van der Waals surface area contributed by atoms with Gasteiger partial charge in [0, 0.05) is 5.69 Å². The molecule has 3 nitrogen and oxygen atoms in total. The van der Waals surface area contributed by atoms with E-state index in [1.807, 2.05) is 24.3 Å². The highest BCUT2D eigenvalue weighted by atomic mass is 35.5. The molecule has 1 atom stereocenters. The van der Waals surface area contributed by atoms with Gasteiger partial charge >= 0.3 is 0 Å². The lowest BCUT2D eigenvalue weighted by molar-refractivity contribution is -0.116. The van der Waals surface area contributed by atoms with Crippen LogP contribution < -0.4 is 10.6 Å². The molecule has 2 aromatic rings. The summed E-state index contributed by atoms with van der Waals surface area (Å²) in [5, 5.41) is 5.97. The van der Waals surface area contributed by atoms with Gasteiger partial charge in [-0.3, -0.25) is 4.79 Å². The highest BCUT2D eigenvalue weighted by Crippen LogP contribution is 2.22. The lowest BCUT2D eigenvalue weighted by Crippen LogP contribution is -2.31. The Bertz CT molecular complexity index is 658. The van der Waals surface area contributed by atoms with Crippen LogP contribution >= 0.6 is 11.6 Å². The molecular formula is C17H18ClFN2O. The first kappa shape index (κ1) is 16.3. The maximum absolute atomic E-state index is 13.0. The molecule has 1 amide bonds. The molecule has 0 fully saturated rings. The normalized spacial score (nSPS) is 11.8. The Kier molecular flexibility index (Phi) is 5.39. The fourth-order valence-corrected chi connectivity index (χ4v) is 2.20. The van der Waals surface area contributed by atoms with Gasteiger partial charge in [0.15, 0.2) is 0 Å². The molecule has 0 saturated carbocycles. The van der Waals surface area contributed by atoms with E-state index in [9.17, 15) is 9.18 Å². The standard InChI is InChI=1S/C17H18ClFN2O/c1-3-12-4-7-14(8-5-12)20-11(2)17(22)21-16-9-6-13(19)10-15(16)18/h4-11,20H,3H2,1-2H3,(H,21,22)/t11-/m0/s1. The zero-order valence-electron chi connectivity index (χ0n) is 12.5. The maximum atomic E-state index is 13.0. The van der Waals surface area contributed by atoms with E-state index in [1.54, 1.807) is 6.92 Å². The van der Waals surface area contributed by atoms with Crippen molar-refractivity contribution in [3.63, 3.8) is 0 Å². The number of aryl methyl sites for hydroxylation is 1. The van der Waals surface area contributed by atoms with E-state index in [4.69, 9.17) is 11.6 Å². The molecule has 0 aliphatic carbocycles. The molecule has 2 N–H and O–H groups in total. The molecule has 2 aromatic carbocycles. The Morgan fingerprint density at radius 2 is 1.91 bits per heavy atom. The lowest BCUT2D eigenvalue weighted by atomic mass is 10.1. The van der Waals surface area contributed by atoms with Crippen LogP contribution in [-0.2, 0) is 11.2 Å². The SMILES string of the molecule is CCc1ccc(N[C@@H](C)C(=O)Nc2ccc(F)cc2Cl)cc1. The minimum atomic E-state index is -0.450. The molecular weight excluding hydrogens is 303 g/mol. The van der Waals surface area contributed by atoms with Gasteiger partial charge in [0.2, 0.25) is 5.91 Å². The second kappa shape index (κ2) is 7.27. The van der Waals surface area contributed by atoms with Crippen molar-refractivity contribution in [3.05, 3.63) is 58.9 Å². The van der Waals surface area contributed by atoms with Gasteiger partial charge in [-0.1, -0.05) is 30.7 Å². The van der Waals surface area contributed by atoms with Gasteiger partial charge < -0.3 is 10.6 Å². The number of rotatable bonds is 5. The number of anilines is 2. The second-order valence-corrected chi connectivity index (χ2v) is 5.44. The van der Waals surface area contributed by atoms with E-state index < -0.39 is 11.9 Å². The van der Waals surface area contributed by atoms with Crippen LogP contribution in [-0.4, -0.2) is 11.9 Å². The Balaban J connectivity index is 1.99. The second-order valence-electron chi connectivity index (χ2n) is 5.03. The molecule has 0 heterocycles. The largest absolute Gasteiger partial charge is 0.374 e. The molecule has 5 heteroatoms. The van der Waals surface area contributed by atoms with E-state index in [0.717, 1.165) is 12.1 Å². The maximum Gasteiger partial charge on any atom is 0.246 e. The van der Waals surface area contributed by atoms with Gasteiger partial charge in [-0.05, 0) is 49.2 Å². The van der Waals surface area contributed by atoms with E-state index in [-0.39, 0.29) is 10.9 Å². The van der Waals surface area contributed by atoms with Crippen LogP contribution in [0.2, 0.25) is 5.02 Å². The number of carbonyl (C=O) groups excluding carboxylic acids is 1. The van der Waals surface area contributed by atoms with Crippen molar-refractivity contribution in [3.8, 4) is 0 Å². The number of carbonyl (C=O) groups is 1. The first-order valence-electron chi connectivity index (χ1n) is 7.11. The van der Waals surface area contributed by atoms with E-state index in [0.29, 0.717) is 5.69 Å². The van der Waals surface area contributed by atoms with Crippen molar-refractivity contribution in [2.45, 2.75) is 26.3 Å². The Labute approximate surface area is 134 Å². The van der Waals surface area contributed by atoms with Crippen LogP contribution in [0.15, 0.2) is 42.5 Å². The van der Waals surface area contributed by atoms with Crippen molar-refractivity contribution in [2.24, 2.45) is 0 Å². The predicted molar refractivity (Wildman–Crippen MR) is 88.9 cm³/mol. The van der Waals surface area contributed by atoms with Gasteiger partial charge in [-0.2, -0.15) is 0 Å². The molecule has 0 aliphatic rings. The molecule has 22 heavy (non-hydrogen) atoms. The van der Waals surface area contributed by atoms with Gasteiger partial charge in [0.1, 0.15) is 11.9 Å². The average Bonchev–Trinajstić information content (AvgIpc) is 2.50. The van der Waals surface area contributed by atoms with Crippen molar-refractivity contribution in [2.75, 3.05) is 10.6 Å². The number of benzene rings is 2. The summed E-state index contributed by atoms with van der Waals surface area (Å²) in [4.78, 5) is 12.2. The van der Waals surface area contributed by atoms with Crippen molar-refractivity contribution >= 4 is 28.9 Å². The molecule has 0 aliphatic heterocycles. The molecule has 0 spiro atoms. The summed E-state index contributed by atoms with van der Waals surface area (Å²) in [6.45, 7) is 3.84. The minimum absolute atomic E-state index is 0.174. The smallest absolute Gasteiger partial charge is 0.246 e. The Morgan fingerprint density at radius 3 is 2.50 bits per heavy atom. The summed E-state index contributed by atoms with van der Waals surface area (Å²) < 4.78 is 13.0. The van der Waals surface area contributed by atoms with Crippen LogP contribution in [0, 0.1) is 5.82 Å². The summed E-state index contributed by atoms with van der Waals surface area (Å²) in [5.41, 5.74) is 2.49. The van der Waals surface area contributed by atoms with E-state index in [2.05, 4.69) is 17.6 Å². The van der Waals surface area contributed by atoms with Crippen LogP contribution in [0.3, 0.4) is 0 Å². The summed E-state index contributed by atoms with van der Waals surface area (Å²) >= 11 is 5.90. The van der Waals surface area contributed by atoms with Gasteiger partial charge in [0.05, 0.1) is 10.7 Å². The van der Waals surface area contributed by atoms with E-state index in [1.165, 1.54) is 23.8 Å². The van der Waals surface area contributed by atoms with E-state index >= 15 is 0 Å². The predicted octanol–water partition coefficient (Wildman–Crippen LogP) is 4.48. The summed E-state index contributed by atoms with van der Waals surface area (Å²) in [6.07, 6.45) is 0.972. The number of nitrogens with one attached hydrogen (secondary N) is 2. The zero-order valence-corrected chi connectivity index (χ0v) is 13.2. The molecule has 0 unspecified atom stereocenters. The highest BCUT2D eigenvalue weighted by Gasteiger charge is 2.14. The molecule has 116 valence electrons. The molecule has 0 bridgehead atoms. The van der Waals surface area contributed by atoms with Gasteiger partial charge in [0.25, 0.3) is 0 Å². The Morgan fingerprint density at radius 1 is 1.23 bits per heavy atom. The first-order chi connectivity index (χ1) is 10.5. The lowest BCUT2D eigenvalue weighted by Gasteiger charge is -2.16. The first-order valence-corrected chi connectivity index (χ1v) is 7.48. The average molecular weight is 321 g/mol. The monoisotopic (exact) mass is 320 g/mol. The minimum Gasteiger partial charge on any atom is -0.374 e. The fourth-order valence-electron chi connectivity index (χ4n) is 1.98. The quantitative estimate of drug-likeness (QED) is 0.852. The number of hydrogen-bond acceptors (Lipinski definition) is 2. The van der Waals surface area contributed by atoms with Crippen LogP contribution in [0.1, 0.15) is 19.4 Å². The van der Waals surface area contributed by atoms with Gasteiger partial charge in [-0.25, -0.2) is 4.39 Å². The van der Waals surface area contributed by atoms with Gasteiger partial charge in [-0.15, -0.1) is 0 Å². The number of hydrogen-bond donors (Lipinski definition) is 2. The molecule has 2 rings (SSSR count). The van der Waals surface area contributed by atoms with Crippen molar-refractivity contribution < 1.29 is 9.18 Å². The third-order valence-corrected chi connectivity index (χ3v) is 3.64. The fraction of sp³-hybridized carbons (Fsp3) is 0.235. The summed E-state index contributed by atoms with van der Waals surface area (Å²) in [5.74, 6) is -0.682. The zero-order chi connectivity index (χ0) is 16.1. The van der Waals surface area contributed by atoms with Crippen LogP contribution in [0.25, 0.3) is 0 Å². The third-order valence-electron chi connectivity index (χ3n) is 3.33. The molecule has 0 saturated heterocycles. The third kappa shape index (κ3) is 4.21. The summed E-state index contributed by atoms with van der Waals surface area (Å²) in [6, 6.07) is 11.3. The number of halogens is 2. The number of amides is 1. The molecule has 0 aromatic heterocycles. The van der Waals surface area contributed by atoms with Crippen molar-refractivity contribution in [1.82, 2.24) is 0 Å². The summed E-state index contributed by atoms with van der Waals surface area (Å²) in [7, 11) is 0. The van der Waals surface area contributed by atoms with Crippen LogP contribution in [0.5, 0.6) is 0 Å².